The summed E-state index contributed by atoms with van der Waals surface area (Å²) in [5.41, 5.74) is 0. The first-order valence-electron chi connectivity index (χ1n) is 3.23. The van der Waals surface area contributed by atoms with Gasteiger partial charge in [-0.05, 0) is 0 Å². The number of hydrazine groups is 1. The number of aliphatic hydroxyl groups is 1. The van der Waals surface area contributed by atoms with Gasteiger partial charge in [-0.2, -0.15) is 0 Å². The number of aliphatic hydroxyl groups excluding tert-OH is 1. The zero-order valence-electron chi connectivity index (χ0n) is 6.48. The molecule has 1 atom stereocenters. The normalized spacial score (nSPS) is 24.2. The molecule has 1 aliphatic rings. The molecule has 5 heteroatoms. The summed E-state index contributed by atoms with van der Waals surface area (Å²) in [7, 11) is 3.54. The molecule has 0 radical (unpaired) electrons. The summed E-state index contributed by atoms with van der Waals surface area (Å²) in [4.78, 5) is 10.6. The van der Waals surface area contributed by atoms with Crippen LogP contribution in [0, 0.1) is 0 Å². The lowest BCUT2D eigenvalue weighted by atomic mass is 10.5. The number of amides is 1. The third-order valence-corrected chi connectivity index (χ3v) is 1.36. The molecule has 0 saturated heterocycles. The SMILES string of the molecule is CN(C)N1C=CC(=O)NC1O. The molecule has 0 spiro atoms. The van der Waals surface area contributed by atoms with Gasteiger partial charge in [0.2, 0.25) is 12.3 Å². The van der Waals surface area contributed by atoms with Crippen molar-refractivity contribution < 1.29 is 9.90 Å². The van der Waals surface area contributed by atoms with Gasteiger partial charge in [0.25, 0.3) is 0 Å². The third-order valence-electron chi connectivity index (χ3n) is 1.36. The maximum absolute atomic E-state index is 10.6. The average Bonchev–Trinajstić information content (AvgIpc) is 1.85. The molecule has 1 rings (SSSR count). The Kier molecular flexibility index (Phi) is 2.11. The number of rotatable bonds is 1. The fraction of sp³-hybridized carbons (Fsp3) is 0.500. The Balaban J connectivity index is 2.68. The van der Waals surface area contributed by atoms with Gasteiger partial charge in [-0.15, -0.1) is 0 Å². The third kappa shape index (κ3) is 1.69. The van der Waals surface area contributed by atoms with Crippen LogP contribution in [-0.4, -0.2) is 41.5 Å². The summed E-state index contributed by atoms with van der Waals surface area (Å²) >= 11 is 0. The summed E-state index contributed by atoms with van der Waals surface area (Å²) < 4.78 is 0. The predicted octanol–water partition coefficient (Wildman–Crippen LogP) is -1.32. The van der Waals surface area contributed by atoms with Gasteiger partial charge in [0.1, 0.15) is 0 Å². The Morgan fingerprint density at radius 1 is 1.73 bits per heavy atom. The maximum Gasteiger partial charge on any atom is 0.248 e. The van der Waals surface area contributed by atoms with E-state index in [1.54, 1.807) is 19.1 Å². The van der Waals surface area contributed by atoms with Crippen molar-refractivity contribution in [2.75, 3.05) is 14.1 Å². The number of carbonyl (C=O) groups is 1. The molecule has 0 bridgehead atoms. The summed E-state index contributed by atoms with van der Waals surface area (Å²) in [6.07, 6.45) is 1.92. The van der Waals surface area contributed by atoms with Crippen LogP contribution in [0.4, 0.5) is 0 Å². The predicted molar refractivity (Wildman–Crippen MR) is 38.8 cm³/mol. The second-order valence-electron chi connectivity index (χ2n) is 2.43. The van der Waals surface area contributed by atoms with Gasteiger partial charge in [0, 0.05) is 26.4 Å². The molecule has 62 valence electrons. The summed E-state index contributed by atoms with van der Waals surface area (Å²) in [6, 6.07) is 0. The van der Waals surface area contributed by atoms with Crippen LogP contribution in [-0.2, 0) is 4.79 Å². The molecule has 1 amide bonds. The van der Waals surface area contributed by atoms with Gasteiger partial charge in [-0.25, -0.2) is 5.01 Å². The minimum atomic E-state index is -0.956. The van der Waals surface area contributed by atoms with E-state index in [1.807, 2.05) is 0 Å². The van der Waals surface area contributed by atoms with Crippen molar-refractivity contribution in [3.63, 3.8) is 0 Å². The minimum Gasteiger partial charge on any atom is -0.355 e. The molecule has 2 N–H and O–H groups in total. The Bertz CT molecular complexity index is 190. The second kappa shape index (κ2) is 2.89. The number of nitrogens with one attached hydrogen (secondary N) is 1. The van der Waals surface area contributed by atoms with Gasteiger partial charge in [0.05, 0.1) is 0 Å². The molecular formula is C6H11N3O2. The van der Waals surface area contributed by atoms with Crippen LogP contribution >= 0.6 is 0 Å². The fourth-order valence-corrected chi connectivity index (χ4v) is 0.819. The fourth-order valence-electron chi connectivity index (χ4n) is 0.819. The first kappa shape index (κ1) is 8.03. The molecule has 0 saturated carbocycles. The summed E-state index contributed by atoms with van der Waals surface area (Å²) in [5, 5.41) is 14.7. The largest absolute Gasteiger partial charge is 0.355 e. The standard InChI is InChI=1S/C6H11N3O2/c1-8(2)9-4-3-5(10)7-6(9)11/h3-4,6,11H,1-2H3,(H,7,10). The smallest absolute Gasteiger partial charge is 0.248 e. The molecule has 1 aliphatic heterocycles. The molecule has 0 aromatic heterocycles. The Morgan fingerprint density at radius 3 is 2.82 bits per heavy atom. The molecule has 0 aromatic carbocycles. The van der Waals surface area contributed by atoms with Crippen LogP contribution in [0.2, 0.25) is 0 Å². The van der Waals surface area contributed by atoms with Gasteiger partial charge in [-0.1, -0.05) is 0 Å². The maximum atomic E-state index is 10.6. The number of nitrogens with zero attached hydrogens (tertiary/aromatic N) is 2. The van der Waals surface area contributed by atoms with Crippen LogP contribution < -0.4 is 5.32 Å². The average molecular weight is 157 g/mol. The Labute approximate surface area is 64.9 Å². The van der Waals surface area contributed by atoms with E-state index in [0.29, 0.717) is 0 Å². The lowest BCUT2D eigenvalue weighted by molar-refractivity contribution is -0.137. The van der Waals surface area contributed by atoms with E-state index < -0.39 is 6.35 Å². The van der Waals surface area contributed by atoms with Crippen molar-refractivity contribution in [3.8, 4) is 0 Å². The van der Waals surface area contributed by atoms with Crippen LogP contribution in [0.3, 0.4) is 0 Å². The lowest BCUT2D eigenvalue weighted by Gasteiger charge is -2.34. The van der Waals surface area contributed by atoms with Crippen LogP contribution in [0.1, 0.15) is 0 Å². The van der Waals surface area contributed by atoms with E-state index in [1.165, 1.54) is 17.3 Å². The highest BCUT2D eigenvalue weighted by atomic mass is 16.3. The zero-order chi connectivity index (χ0) is 8.43. The van der Waals surface area contributed by atoms with E-state index in [2.05, 4.69) is 5.32 Å². The number of hydrogen-bond donors (Lipinski definition) is 2. The van der Waals surface area contributed by atoms with Gasteiger partial charge in [-0.3, -0.25) is 9.80 Å². The Hall–Kier alpha value is -1.07. The van der Waals surface area contributed by atoms with E-state index >= 15 is 0 Å². The van der Waals surface area contributed by atoms with Crippen LogP contribution in [0.15, 0.2) is 12.3 Å². The van der Waals surface area contributed by atoms with Crippen LogP contribution in [0.25, 0.3) is 0 Å². The quantitative estimate of drug-likeness (QED) is 0.496. The Morgan fingerprint density at radius 2 is 2.36 bits per heavy atom. The molecule has 11 heavy (non-hydrogen) atoms. The highest BCUT2D eigenvalue weighted by Crippen LogP contribution is 2.01. The zero-order valence-corrected chi connectivity index (χ0v) is 6.48. The van der Waals surface area contributed by atoms with Crippen molar-refractivity contribution in [2.24, 2.45) is 0 Å². The monoisotopic (exact) mass is 157 g/mol. The molecule has 1 heterocycles. The van der Waals surface area contributed by atoms with Crippen molar-refractivity contribution in [2.45, 2.75) is 6.35 Å². The molecule has 0 aromatic rings. The lowest BCUT2D eigenvalue weighted by Crippen LogP contribution is -2.53. The molecule has 1 unspecified atom stereocenters. The molecule has 5 nitrogen and oxygen atoms in total. The molecule has 0 aliphatic carbocycles. The van der Waals surface area contributed by atoms with Gasteiger partial charge >= 0.3 is 0 Å². The number of carbonyl (C=O) groups excluding carboxylic acids is 1. The summed E-state index contributed by atoms with van der Waals surface area (Å²) in [5.74, 6) is -0.282. The van der Waals surface area contributed by atoms with Gasteiger partial charge < -0.3 is 10.4 Å². The minimum absolute atomic E-state index is 0.282. The second-order valence-corrected chi connectivity index (χ2v) is 2.43. The van der Waals surface area contributed by atoms with Crippen molar-refractivity contribution >= 4 is 5.91 Å². The van der Waals surface area contributed by atoms with E-state index in [9.17, 15) is 9.90 Å². The topological polar surface area (TPSA) is 55.8 Å². The highest BCUT2D eigenvalue weighted by Gasteiger charge is 2.19. The van der Waals surface area contributed by atoms with Gasteiger partial charge in [0.15, 0.2) is 0 Å². The molecular weight excluding hydrogens is 146 g/mol. The van der Waals surface area contributed by atoms with E-state index in [4.69, 9.17) is 0 Å². The van der Waals surface area contributed by atoms with Crippen molar-refractivity contribution in [1.82, 2.24) is 15.3 Å². The first-order valence-corrected chi connectivity index (χ1v) is 3.23. The van der Waals surface area contributed by atoms with Crippen molar-refractivity contribution in [1.29, 1.82) is 0 Å². The highest BCUT2D eigenvalue weighted by molar-refractivity contribution is 5.88. The first-order chi connectivity index (χ1) is 5.11. The van der Waals surface area contributed by atoms with E-state index in [-0.39, 0.29) is 5.91 Å². The van der Waals surface area contributed by atoms with Crippen LogP contribution in [0.5, 0.6) is 0 Å². The van der Waals surface area contributed by atoms with Crippen molar-refractivity contribution in [3.05, 3.63) is 12.3 Å². The number of hydrogen-bond acceptors (Lipinski definition) is 4. The molecule has 0 fully saturated rings. The summed E-state index contributed by atoms with van der Waals surface area (Å²) in [6.45, 7) is 0. The van der Waals surface area contributed by atoms with E-state index in [0.717, 1.165) is 0 Å².